The second kappa shape index (κ2) is 8.24. The lowest BCUT2D eigenvalue weighted by molar-refractivity contribution is 0.0963. The molecule has 0 saturated heterocycles. The molecule has 0 aliphatic carbocycles. The average molecular weight is 354 g/mol. The van der Waals surface area contributed by atoms with E-state index in [4.69, 9.17) is 15.2 Å². The molecule has 0 aromatic heterocycles. The van der Waals surface area contributed by atoms with Gasteiger partial charge in [-0.2, -0.15) is 0 Å². The molecule has 0 radical (unpaired) electrons. The summed E-state index contributed by atoms with van der Waals surface area (Å²) in [6.45, 7) is 1.65. The predicted octanol–water partition coefficient (Wildman–Crippen LogP) is 2.13. The Hall–Kier alpha value is -3.22. The van der Waals surface area contributed by atoms with E-state index < -0.39 is 0 Å². The number of nitrogens with two attached hydrogens (primary N) is 1. The highest BCUT2D eigenvalue weighted by molar-refractivity contribution is 5.94. The molecule has 1 heterocycles. The van der Waals surface area contributed by atoms with Gasteiger partial charge in [-0.15, -0.1) is 0 Å². The van der Waals surface area contributed by atoms with Crippen molar-refractivity contribution in [1.29, 1.82) is 0 Å². The highest BCUT2D eigenvalue weighted by Gasteiger charge is 2.11. The molecule has 136 valence electrons. The Morgan fingerprint density at radius 2 is 1.96 bits per heavy atom. The van der Waals surface area contributed by atoms with E-state index >= 15 is 0 Å². The van der Waals surface area contributed by atoms with Gasteiger partial charge in [-0.25, -0.2) is 4.99 Å². The summed E-state index contributed by atoms with van der Waals surface area (Å²) < 4.78 is 11.3. The number of carbonyl (C=O) groups excluding carboxylic acids is 1. The Morgan fingerprint density at radius 1 is 1.15 bits per heavy atom. The molecule has 7 heteroatoms. The molecule has 0 spiro atoms. The van der Waals surface area contributed by atoms with Crippen LogP contribution in [0.2, 0.25) is 0 Å². The molecule has 26 heavy (non-hydrogen) atoms. The van der Waals surface area contributed by atoms with Crippen LogP contribution in [0.25, 0.3) is 0 Å². The quantitative estimate of drug-likeness (QED) is 0.577. The SMILES string of the molecule is CNC(=O)c1cccc(CN=C(N)Nc2ccc3c(c2)OCCCO3)c1. The van der Waals surface area contributed by atoms with Crippen LogP contribution in [-0.4, -0.2) is 32.1 Å². The molecule has 2 aromatic carbocycles. The number of ether oxygens (including phenoxy) is 2. The molecular weight excluding hydrogens is 332 g/mol. The number of nitrogens with one attached hydrogen (secondary N) is 2. The standard InChI is InChI=1S/C19H22N4O3/c1-21-18(24)14-5-2-4-13(10-14)12-22-19(20)23-15-6-7-16-17(11-15)26-9-3-8-25-16/h2,4-7,10-11H,3,8-9,12H2,1H3,(H,21,24)(H3,20,22,23). The fraction of sp³-hybridized carbons (Fsp3) is 0.263. The molecule has 2 aromatic rings. The average Bonchev–Trinajstić information content (AvgIpc) is 2.91. The van der Waals surface area contributed by atoms with Gasteiger partial charge in [0, 0.05) is 30.8 Å². The number of fused-ring (bicyclic) bond motifs is 1. The van der Waals surface area contributed by atoms with Gasteiger partial charge in [0.25, 0.3) is 5.91 Å². The van der Waals surface area contributed by atoms with Crippen LogP contribution < -0.4 is 25.8 Å². The summed E-state index contributed by atoms with van der Waals surface area (Å²) in [5.74, 6) is 1.58. The predicted molar refractivity (Wildman–Crippen MR) is 101 cm³/mol. The molecule has 0 bridgehead atoms. The van der Waals surface area contributed by atoms with Gasteiger partial charge in [0.1, 0.15) is 0 Å². The zero-order chi connectivity index (χ0) is 18.4. The van der Waals surface area contributed by atoms with Gasteiger partial charge < -0.3 is 25.8 Å². The van der Waals surface area contributed by atoms with E-state index in [2.05, 4.69) is 15.6 Å². The largest absolute Gasteiger partial charge is 0.490 e. The van der Waals surface area contributed by atoms with E-state index in [-0.39, 0.29) is 11.9 Å². The zero-order valence-electron chi connectivity index (χ0n) is 14.6. The maximum Gasteiger partial charge on any atom is 0.251 e. The van der Waals surface area contributed by atoms with Crippen LogP contribution in [0, 0.1) is 0 Å². The number of carbonyl (C=O) groups is 1. The third-order valence-corrected chi connectivity index (χ3v) is 3.87. The molecule has 4 N–H and O–H groups in total. The maximum absolute atomic E-state index is 11.7. The smallest absolute Gasteiger partial charge is 0.251 e. The minimum atomic E-state index is -0.130. The van der Waals surface area contributed by atoms with Crippen molar-refractivity contribution in [2.24, 2.45) is 10.7 Å². The molecule has 1 amide bonds. The lowest BCUT2D eigenvalue weighted by atomic mass is 10.1. The summed E-state index contributed by atoms with van der Waals surface area (Å²) in [6, 6.07) is 12.8. The van der Waals surface area contributed by atoms with Crippen molar-refractivity contribution in [2.45, 2.75) is 13.0 Å². The second-order valence-electron chi connectivity index (χ2n) is 5.82. The van der Waals surface area contributed by atoms with Crippen molar-refractivity contribution in [1.82, 2.24) is 5.32 Å². The van der Waals surface area contributed by atoms with Crippen molar-refractivity contribution < 1.29 is 14.3 Å². The summed E-state index contributed by atoms with van der Waals surface area (Å²) in [7, 11) is 1.60. The van der Waals surface area contributed by atoms with Crippen LogP contribution in [-0.2, 0) is 6.54 Å². The van der Waals surface area contributed by atoms with Crippen molar-refractivity contribution in [3.8, 4) is 11.5 Å². The molecule has 7 nitrogen and oxygen atoms in total. The first-order chi connectivity index (χ1) is 12.7. The first-order valence-electron chi connectivity index (χ1n) is 8.43. The number of amides is 1. The first kappa shape index (κ1) is 17.6. The van der Waals surface area contributed by atoms with Gasteiger partial charge >= 0.3 is 0 Å². The highest BCUT2D eigenvalue weighted by Crippen LogP contribution is 2.32. The lowest BCUT2D eigenvalue weighted by Crippen LogP contribution is -2.22. The Labute approximate surface area is 152 Å². The van der Waals surface area contributed by atoms with Crippen molar-refractivity contribution in [2.75, 3.05) is 25.6 Å². The van der Waals surface area contributed by atoms with Crippen LogP contribution in [0.3, 0.4) is 0 Å². The zero-order valence-corrected chi connectivity index (χ0v) is 14.6. The van der Waals surface area contributed by atoms with Gasteiger partial charge in [-0.3, -0.25) is 4.79 Å². The molecule has 0 fully saturated rings. The van der Waals surface area contributed by atoms with E-state index in [9.17, 15) is 4.79 Å². The number of anilines is 1. The molecule has 3 rings (SSSR count). The molecular formula is C19H22N4O3. The number of benzene rings is 2. The van der Waals surface area contributed by atoms with Crippen LogP contribution >= 0.6 is 0 Å². The number of rotatable bonds is 4. The van der Waals surface area contributed by atoms with Crippen molar-refractivity contribution in [3.63, 3.8) is 0 Å². The Morgan fingerprint density at radius 3 is 2.77 bits per heavy atom. The van der Waals surface area contributed by atoms with Gasteiger partial charge in [0.05, 0.1) is 19.8 Å². The molecule has 1 aliphatic heterocycles. The molecule has 0 saturated carbocycles. The number of hydrogen-bond acceptors (Lipinski definition) is 4. The van der Waals surface area contributed by atoms with Crippen LogP contribution in [0.5, 0.6) is 11.5 Å². The third kappa shape index (κ3) is 4.44. The number of guanidine groups is 1. The normalized spacial score (nSPS) is 13.7. The molecule has 1 aliphatic rings. The summed E-state index contributed by atoms with van der Waals surface area (Å²) in [4.78, 5) is 16.0. The van der Waals surface area contributed by atoms with E-state index in [1.165, 1.54) is 0 Å². The number of hydrogen-bond donors (Lipinski definition) is 3. The van der Waals surface area contributed by atoms with E-state index in [1.54, 1.807) is 19.2 Å². The minimum absolute atomic E-state index is 0.130. The van der Waals surface area contributed by atoms with E-state index in [0.29, 0.717) is 31.1 Å². The van der Waals surface area contributed by atoms with E-state index in [1.807, 2.05) is 30.3 Å². The van der Waals surface area contributed by atoms with Crippen molar-refractivity contribution >= 4 is 17.6 Å². The second-order valence-corrected chi connectivity index (χ2v) is 5.82. The van der Waals surface area contributed by atoms with Crippen LogP contribution in [0.15, 0.2) is 47.5 Å². The molecule has 0 unspecified atom stereocenters. The summed E-state index contributed by atoms with van der Waals surface area (Å²) in [6.07, 6.45) is 0.857. The minimum Gasteiger partial charge on any atom is -0.490 e. The molecule has 0 atom stereocenters. The fourth-order valence-electron chi connectivity index (χ4n) is 2.56. The topological polar surface area (TPSA) is 98.0 Å². The monoisotopic (exact) mass is 354 g/mol. The Kier molecular flexibility index (Phi) is 5.58. The lowest BCUT2D eigenvalue weighted by Gasteiger charge is -2.11. The number of nitrogens with zero attached hydrogens (tertiary/aromatic N) is 1. The highest BCUT2D eigenvalue weighted by atomic mass is 16.5. The van der Waals surface area contributed by atoms with Gasteiger partial charge in [0.2, 0.25) is 0 Å². The van der Waals surface area contributed by atoms with Crippen LogP contribution in [0.1, 0.15) is 22.3 Å². The Bertz CT molecular complexity index is 820. The van der Waals surface area contributed by atoms with Crippen molar-refractivity contribution in [3.05, 3.63) is 53.6 Å². The van der Waals surface area contributed by atoms with Gasteiger partial charge in [-0.1, -0.05) is 12.1 Å². The fourth-order valence-corrected chi connectivity index (χ4v) is 2.56. The third-order valence-electron chi connectivity index (χ3n) is 3.87. The van der Waals surface area contributed by atoms with E-state index in [0.717, 1.165) is 23.4 Å². The maximum atomic E-state index is 11.7. The summed E-state index contributed by atoms with van der Waals surface area (Å²) >= 11 is 0. The summed E-state index contributed by atoms with van der Waals surface area (Å²) in [5.41, 5.74) is 8.23. The van der Waals surface area contributed by atoms with Crippen LogP contribution in [0.4, 0.5) is 5.69 Å². The number of aliphatic imine (C=N–C) groups is 1. The van der Waals surface area contributed by atoms with Gasteiger partial charge in [-0.05, 0) is 29.8 Å². The first-order valence-corrected chi connectivity index (χ1v) is 8.43. The Balaban J connectivity index is 1.65. The summed E-state index contributed by atoms with van der Waals surface area (Å²) in [5, 5.41) is 5.65. The van der Waals surface area contributed by atoms with Gasteiger partial charge in [0.15, 0.2) is 17.5 Å².